The Kier molecular flexibility index (Phi) is 7.53. The lowest BCUT2D eigenvalue weighted by atomic mass is 10.1. The van der Waals surface area contributed by atoms with E-state index in [0.29, 0.717) is 37.5 Å². The molecule has 26 heavy (non-hydrogen) atoms. The highest BCUT2D eigenvalue weighted by Crippen LogP contribution is 2.27. The molecule has 0 saturated carbocycles. The molecule has 0 unspecified atom stereocenters. The van der Waals surface area contributed by atoms with Crippen LogP contribution >= 0.6 is 11.3 Å². The van der Waals surface area contributed by atoms with Gasteiger partial charge in [0, 0.05) is 17.8 Å². The number of aryl methyl sites for hydroxylation is 1. The van der Waals surface area contributed by atoms with Crippen molar-refractivity contribution in [3.8, 4) is 0 Å². The highest BCUT2D eigenvalue weighted by Gasteiger charge is 2.23. The highest BCUT2D eigenvalue weighted by atomic mass is 32.1. The van der Waals surface area contributed by atoms with Crippen molar-refractivity contribution < 1.29 is 14.3 Å². The molecule has 5 nitrogen and oxygen atoms in total. The Bertz CT molecular complexity index is 756. The van der Waals surface area contributed by atoms with E-state index >= 15 is 0 Å². The molecule has 0 N–H and O–H groups in total. The van der Waals surface area contributed by atoms with Crippen molar-refractivity contribution in [1.29, 1.82) is 0 Å². The summed E-state index contributed by atoms with van der Waals surface area (Å²) in [6.45, 7) is 8.05. The number of thiazole rings is 1. The number of esters is 1. The SMILES string of the molecule is C=CCCC(=O)N(CCc1ccccc1)c1nc(C(=O)OCC)c(C)s1. The van der Waals surface area contributed by atoms with Gasteiger partial charge in [0.25, 0.3) is 0 Å². The van der Waals surface area contributed by atoms with E-state index in [1.54, 1.807) is 17.9 Å². The molecule has 0 aliphatic rings. The van der Waals surface area contributed by atoms with Crippen LogP contribution in [-0.2, 0) is 16.0 Å². The molecule has 1 heterocycles. The zero-order valence-corrected chi connectivity index (χ0v) is 16.1. The summed E-state index contributed by atoms with van der Waals surface area (Å²) in [5.41, 5.74) is 1.43. The third-order valence-electron chi connectivity index (χ3n) is 3.82. The van der Waals surface area contributed by atoms with Crippen LogP contribution in [0, 0.1) is 6.92 Å². The number of carbonyl (C=O) groups is 2. The molecule has 0 aliphatic heterocycles. The predicted octanol–water partition coefficient (Wildman–Crippen LogP) is 4.17. The standard InChI is InChI=1S/C20H24N2O3S/c1-4-6-12-17(23)22(14-13-16-10-8-7-9-11-16)20-21-18(15(3)26-20)19(24)25-5-2/h4,7-11H,1,5-6,12-14H2,2-3H3. The molecule has 138 valence electrons. The summed E-state index contributed by atoms with van der Waals surface area (Å²) in [4.78, 5) is 31.5. The fourth-order valence-electron chi connectivity index (χ4n) is 2.46. The second-order valence-electron chi connectivity index (χ2n) is 5.73. The Morgan fingerprint density at radius 2 is 2.04 bits per heavy atom. The van der Waals surface area contributed by atoms with Crippen molar-refractivity contribution in [2.24, 2.45) is 0 Å². The van der Waals surface area contributed by atoms with Crippen molar-refractivity contribution >= 4 is 28.3 Å². The van der Waals surface area contributed by atoms with Gasteiger partial charge < -0.3 is 4.74 Å². The largest absolute Gasteiger partial charge is 0.461 e. The summed E-state index contributed by atoms with van der Waals surface area (Å²) in [5, 5.41) is 0.538. The van der Waals surface area contributed by atoms with Gasteiger partial charge in [-0.25, -0.2) is 9.78 Å². The first kappa shape index (κ1) is 19.8. The van der Waals surface area contributed by atoms with Crippen LogP contribution < -0.4 is 4.90 Å². The maximum absolute atomic E-state index is 12.7. The van der Waals surface area contributed by atoms with Crippen LogP contribution in [0.4, 0.5) is 5.13 Å². The molecule has 0 fully saturated rings. The van der Waals surface area contributed by atoms with E-state index < -0.39 is 5.97 Å². The van der Waals surface area contributed by atoms with Gasteiger partial charge in [0.1, 0.15) is 0 Å². The van der Waals surface area contributed by atoms with Crippen LogP contribution in [0.5, 0.6) is 0 Å². The third kappa shape index (κ3) is 5.26. The van der Waals surface area contributed by atoms with Gasteiger partial charge in [0.05, 0.1) is 6.61 Å². The van der Waals surface area contributed by atoms with Crippen LogP contribution in [-0.4, -0.2) is 30.0 Å². The Hall–Kier alpha value is -2.47. The molecule has 0 atom stereocenters. The lowest BCUT2D eigenvalue weighted by Gasteiger charge is -2.19. The van der Waals surface area contributed by atoms with Crippen LogP contribution in [0.15, 0.2) is 43.0 Å². The van der Waals surface area contributed by atoms with Crippen LogP contribution in [0.2, 0.25) is 0 Å². The number of ether oxygens (including phenoxy) is 1. The Balaban J connectivity index is 2.22. The third-order valence-corrected chi connectivity index (χ3v) is 4.81. The molecule has 0 aliphatic carbocycles. The van der Waals surface area contributed by atoms with Crippen molar-refractivity contribution in [3.05, 3.63) is 59.1 Å². The molecule has 0 radical (unpaired) electrons. The van der Waals surface area contributed by atoms with E-state index in [-0.39, 0.29) is 11.6 Å². The summed E-state index contributed by atoms with van der Waals surface area (Å²) < 4.78 is 5.05. The first-order valence-electron chi connectivity index (χ1n) is 8.66. The zero-order valence-electron chi connectivity index (χ0n) is 15.2. The van der Waals surface area contributed by atoms with E-state index in [4.69, 9.17) is 4.74 Å². The van der Waals surface area contributed by atoms with Crippen molar-refractivity contribution in [2.75, 3.05) is 18.1 Å². The van der Waals surface area contributed by atoms with E-state index in [0.717, 1.165) is 10.4 Å². The van der Waals surface area contributed by atoms with E-state index in [1.807, 2.05) is 37.3 Å². The van der Waals surface area contributed by atoms with Gasteiger partial charge >= 0.3 is 5.97 Å². The minimum Gasteiger partial charge on any atom is -0.461 e. The number of benzene rings is 1. The van der Waals surface area contributed by atoms with Gasteiger partial charge in [-0.2, -0.15) is 0 Å². The van der Waals surface area contributed by atoms with Crippen LogP contribution in [0.1, 0.15) is 40.7 Å². The number of anilines is 1. The number of hydrogen-bond acceptors (Lipinski definition) is 5. The number of amides is 1. The number of rotatable bonds is 9. The fourth-order valence-corrected chi connectivity index (χ4v) is 3.40. The Labute approximate surface area is 158 Å². The van der Waals surface area contributed by atoms with E-state index in [1.165, 1.54) is 11.3 Å². The van der Waals surface area contributed by atoms with Gasteiger partial charge in [-0.1, -0.05) is 36.4 Å². The lowest BCUT2D eigenvalue weighted by molar-refractivity contribution is -0.118. The first-order chi connectivity index (χ1) is 12.6. The summed E-state index contributed by atoms with van der Waals surface area (Å²) in [6, 6.07) is 9.98. The summed E-state index contributed by atoms with van der Waals surface area (Å²) in [6.07, 6.45) is 3.42. The number of hydrogen-bond donors (Lipinski definition) is 0. The molecule has 2 aromatic rings. The average molecular weight is 372 g/mol. The van der Waals surface area contributed by atoms with Gasteiger partial charge in [-0.05, 0) is 32.3 Å². The molecule has 0 bridgehead atoms. The topological polar surface area (TPSA) is 59.5 Å². The minimum absolute atomic E-state index is 0.0232. The van der Waals surface area contributed by atoms with Crippen LogP contribution in [0.25, 0.3) is 0 Å². The monoisotopic (exact) mass is 372 g/mol. The summed E-state index contributed by atoms with van der Waals surface area (Å²) in [7, 11) is 0. The fraction of sp³-hybridized carbons (Fsp3) is 0.350. The van der Waals surface area contributed by atoms with Gasteiger partial charge in [0.2, 0.25) is 5.91 Å². The quantitative estimate of drug-likeness (QED) is 0.490. The van der Waals surface area contributed by atoms with E-state index in [2.05, 4.69) is 11.6 Å². The average Bonchev–Trinajstić information content (AvgIpc) is 3.02. The normalized spacial score (nSPS) is 10.4. The van der Waals surface area contributed by atoms with Gasteiger partial charge in [-0.3, -0.25) is 9.69 Å². The molecule has 1 amide bonds. The zero-order chi connectivity index (χ0) is 18.9. The molecule has 0 saturated heterocycles. The molecular weight excluding hydrogens is 348 g/mol. The van der Waals surface area contributed by atoms with Gasteiger partial charge in [-0.15, -0.1) is 17.9 Å². The Morgan fingerprint density at radius 1 is 1.31 bits per heavy atom. The molecule has 1 aromatic carbocycles. The second kappa shape index (κ2) is 9.87. The molecule has 6 heteroatoms. The molecular formula is C20H24N2O3S. The Morgan fingerprint density at radius 3 is 2.69 bits per heavy atom. The maximum Gasteiger partial charge on any atom is 0.358 e. The van der Waals surface area contributed by atoms with Crippen molar-refractivity contribution in [3.63, 3.8) is 0 Å². The first-order valence-corrected chi connectivity index (χ1v) is 9.48. The molecule has 1 aromatic heterocycles. The second-order valence-corrected chi connectivity index (χ2v) is 6.91. The summed E-state index contributed by atoms with van der Waals surface area (Å²) in [5.74, 6) is -0.473. The number of nitrogens with zero attached hydrogens (tertiary/aromatic N) is 2. The van der Waals surface area contributed by atoms with Gasteiger partial charge in [0.15, 0.2) is 10.8 Å². The summed E-state index contributed by atoms with van der Waals surface area (Å²) >= 11 is 1.34. The lowest BCUT2D eigenvalue weighted by Crippen LogP contribution is -2.32. The number of allylic oxidation sites excluding steroid dienone is 1. The maximum atomic E-state index is 12.7. The number of carbonyl (C=O) groups excluding carboxylic acids is 2. The van der Waals surface area contributed by atoms with Crippen LogP contribution in [0.3, 0.4) is 0 Å². The predicted molar refractivity (Wildman–Crippen MR) is 105 cm³/mol. The molecule has 2 rings (SSSR count). The smallest absolute Gasteiger partial charge is 0.358 e. The molecule has 0 spiro atoms. The highest BCUT2D eigenvalue weighted by molar-refractivity contribution is 7.16. The number of aromatic nitrogens is 1. The van der Waals surface area contributed by atoms with Crippen molar-refractivity contribution in [1.82, 2.24) is 4.98 Å². The van der Waals surface area contributed by atoms with E-state index in [9.17, 15) is 9.59 Å². The van der Waals surface area contributed by atoms with Crippen molar-refractivity contribution in [2.45, 2.75) is 33.1 Å². The minimum atomic E-state index is -0.450.